The van der Waals surface area contributed by atoms with Crippen LogP contribution in [0.2, 0.25) is 0 Å². The summed E-state index contributed by atoms with van der Waals surface area (Å²) in [5.41, 5.74) is 11.6. The zero-order valence-corrected chi connectivity index (χ0v) is 30.4. The SMILES string of the molecule is c1ccc(-c2nc(-c3ccc4oc5cc(-c6ccc7c8ccccc8n(-c8ccccc8)c7c6)ccc5c4c3)nc(-c3cccc4oc5ccccc5c34)n2)cc1. The summed E-state index contributed by atoms with van der Waals surface area (Å²) in [5.74, 6) is 1.77. The van der Waals surface area contributed by atoms with Gasteiger partial charge in [-0.1, -0.05) is 115 Å². The van der Waals surface area contributed by atoms with E-state index < -0.39 is 0 Å². The van der Waals surface area contributed by atoms with Crippen LogP contribution in [0.1, 0.15) is 0 Å². The standard InChI is InChI=1S/C51H30N4O2/c1-3-12-31(13-4-1)49-52-50(54-51(53-49)40-18-11-21-46-48(40)39-17-8-10-20-44(39)56-46)34-24-27-45-41(28-34)38-26-23-33(30-47(38)57-45)32-22-25-37-36-16-7-9-19-42(36)55(43(37)29-32)35-14-5-2-6-15-35/h1-30H. The van der Waals surface area contributed by atoms with E-state index in [4.69, 9.17) is 23.8 Å². The van der Waals surface area contributed by atoms with Crippen LogP contribution in [-0.2, 0) is 0 Å². The minimum Gasteiger partial charge on any atom is -0.456 e. The smallest absolute Gasteiger partial charge is 0.164 e. The molecule has 0 fully saturated rings. The highest BCUT2D eigenvalue weighted by molar-refractivity contribution is 6.13. The van der Waals surface area contributed by atoms with Crippen molar-refractivity contribution >= 4 is 65.7 Å². The maximum absolute atomic E-state index is 6.53. The van der Waals surface area contributed by atoms with Gasteiger partial charge in [-0.25, -0.2) is 15.0 Å². The predicted molar refractivity (Wildman–Crippen MR) is 230 cm³/mol. The first-order chi connectivity index (χ1) is 28.2. The van der Waals surface area contributed by atoms with Gasteiger partial charge in [0.2, 0.25) is 0 Å². The highest BCUT2D eigenvalue weighted by atomic mass is 16.3. The average molecular weight is 731 g/mol. The van der Waals surface area contributed by atoms with Crippen LogP contribution in [-0.4, -0.2) is 19.5 Å². The molecule has 4 aromatic heterocycles. The molecule has 6 nitrogen and oxygen atoms in total. The monoisotopic (exact) mass is 730 g/mol. The molecule has 0 saturated carbocycles. The van der Waals surface area contributed by atoms with E-state index in [-0.39, 0.29) is 0 Å². The fourth-order valence-corrected chi connectivity index (χ4v) is 8.40. The predicted octanol–water partition coefficient (Wildman–Crippen LogP) is 13.4. The van der Waals surface area contributed by atoms with Crippen molar-refractivity contribution in [2.75, 3.05) is 0 Å². The summed E-state index contributed by atoms with van der Waals surface area (Å²) in [6.45, 7) is 0. The lowest BCUT2D eigenvalue weighted by Crippen LogP contribution is -2.00. The molecular weight excluding hydrogens is 701 g/mol. The van der Waals surface area contributed by atoms with Crippen molar-refractivity contribution in [3.05, 3.63) is 182 Å². The number of nitrogens with zero attached hydrogens (tertiary/aromatic N) is 4. The maximum atomic E-state index is 6.53. The molecule has 0 N–H and O–H groups in total. The first-order valence-electron chi connectivity index (χ1n) is 19.0. The molecule has 0 aliphatic carbocycles. The first kappa shape index (κ1) is 31.5. The van der Waals surface area contributed by atoms with E-state index in [1.54, 1.807) is 0 Å². The van der Waals surface area contributed by atoms with Crippen LogP contribution >= 0.6 is 0 Å². The minimum absolute atomic E-state index is 0.582. The zero-order valence-electron chi connectivity index (χ0n) is 30.4. The number of rotatable bonds is 5. The van der Waals surface area contributed by atoms with Crippen LogP contribution in [0.25, 0.3) is 117 Å². The van der Waals surface area contributed by atoms with Crippen molar-refractivity contribution in [3.8, 4) is 51.0 Å². The summed E-state index contributed by atoms with van der Waals surface area (Å²) in [4.78, 5) is 15.2. The highest BCUT2D eigenvalue weighted by Crippen LogP contribution is 2.39. The molecule has 0 aliphatic heterocycles. The Morgan fingerprint density at radius 2 is 0.947 bits per heavy atom. The van der Waals surface area contributed by atoms with Crippen molar-refractivity contribution in [1.82, 2.24) is 19.5 Å². The van der Waals surface area contributed by atoms with Gasteiger partial charge in [-0.3, -0.25) is 0 Å². The molecule has 0 atom stereocenters. The normalized spacial score (nSPS) is 11.9. The molecule has 0 unspecified atom stereocenters. The topological polar surface area (TPSA) is 69.9 Å². The van der Waals surface area contributed by atoms with Crippen LogP contribution in [0.3, 0.4) is 0 Å². The van der Waals surface area contributed by atoms with Crippen LogP contribution in [0.15, 0.2) is 191 Å². The second kappa shape index (κ2) is 12.3. The van der Waals surface area contributed by atoms with Gasteiger partial charge in [-0.2, -0.15) is 0 Å². The summed E-state index contributed by atoms with van der Waals surface area (Å²) in [5, 5.41) is 6.50. The van der Waals surface area contributed by atoms with E-state index in [1.165, 1.54) is 16.3 Å². The number of hydrogen-bond acceptors (Lipinski definition) is 5. The van der Waals surface area contributed by atoms with Crippen molar-refractivity contribution in [1.29, 1.82) is 0 Å². The lowest BCUT2D eigenvalue weighted by atomic mass is 10.0. The quantitative estimate of drug-likeness (QED) is 0.176. The molecule has 0 spiro atoms. The summed E-state index contributed by atoms with van der Waals surface area (Å²) in [6, 6.07) is 62.8. The Morgan fingerprint density at radius 1 is 0.333 bits per heavy atom. The first-order valence-corrected chi connectivity index (χ1v) is 19.0. The summed E-state index contributed by atoms with van der Waals surface area (Å²) < 4.78 is 15.1. The van der Waals surface area contributed by atoms with Gasteiger partial charge in [0, 0.05) is 54.7 Å². The Kier molecular flexibility index (Phi) is 6.83. The number of benzene rings is 8. The van der Waals surface area contributed by atoms with Gasteiger partial charge in [0.15, 0.2) is 17.5 Å². The van der Waals surface area contributed by atoms with Gasteiger partial charge in [-0.05, 0) is 77.9 Å². The largest absolute Gasteiger partial charge is 0.456 e. The molecule has 0 radical (unpaired) electrons. The minimum atomic E-state index is 0.582. The fourth-order valence-electron chi connectivity index (χ4n) is 8.40. The van der Waals surface area contributed by atoms with Crippen molar-refractivity contribution in [3.63, 3.8) is 0 Å². The Morgan fingerprint density at radius 3 is 1.81 bits per heavy atom. The molecule has 0 aliphatic rings. The number of para-hydroxylation sites is 3. The molecule has 266 valence electrons. The van der Waals surface area contributed by atoms with Crippen molar-refractivity contribution in [2.45, 2.75) is 0 Å². The summed E-state index contributed by atoms with van der Waals surface area (Å²) >= 11 is 0. The van der Waals surface area contributed by atoms with Crippen molar-refractivity contribution < 1.29 is 8.83 Å². The van der Waals surface area contributed by atoms with Crippen LogP contribution < -0.4 is 0 Å². The Balaban J connectivity index is 0.990. The van der Waals surface area contributed by atoms with E-state index in [2.05, 4.69) is 114 Å². The van der Waals surface area contributed by atoms with Gasteiger partial charge in [0.25, 0.3) is 0 Å². The Hall–Kier alpha value is -7.83. The van der Waals surface area contributed by atoms with E-state index in [1.807, 2.05) is 72.8 Å². The maximum Gasteiger partial charge on any atom is 0.164 e. The van der Waals surface area contributed by atoms with E-state index >= 15 is 0 Å². The van der Waals surface area contributed by atoms with Gasteiger partial charge < -0.3 is 13.4 Å². The molecule has 0 bridgehead atoms. The third-order valence-electron chi connectivity index (χ3n) is 11.1. The fraction of sp³-hybridized carbons (Fsp3) is 0. The van der Waals surface area contributed by atoms with Gasteiger partial charge in [-0.15, -0.1) is 0 Å². The van der Waals surface area contributed by atoms with E-state index in [0.717, 1.165) is 82.9 Å². The average Bonchev–Trinajstić information content (AvgIpc) is 3.95. The molecule has 0 amide bonds. The molecule has 4 heterocycles. The molecule has 8 aromatic carbocycles. The zero-order chi connectivity index (χ0) is 37.5. The Labute approximate surface area is 325 Å². The number of hydrogen-bond donors (Lipinski definition) is 0. The van der Waals surface area contributed by atoms with Crippen LogP contribution in [0, 0.1) is 0 Å². The number of furan rings is 2. The van der Waals surface area contributed by atoms with Gasteiger partial charge >= 0.3 is 0 Å². The number of fused-ring (bicyclic) bond motifs is 9. The molecule has 12 rings (SSSR count). The highest BCUT2D eigenvalue weighted by Gasteiger charge is 2.19. The van der Waals surface area contributed by atoms with Crippen LogP contribution in [0.5, 0.6) is 0 Å². The summed E-state index contributed by atoms with van der Waals surface area (Å²) in [6.07, 6.45) is 0. The Bertz CT molecular complexity index is 3530. The second-order valence-corrected chi connectivity index (χ2v) is 14.4. The molecule has 0 saturated heterocycles. The summed E-state index contributed by atoms with van der Waals surface area (Å²) in [7, 11) is 0. The van der Waals surface area contributed by atoms with E-state index in [0.29, 0.717) is 17.5 Å². The molecule has 57 heavy (non-hydrogen) atoms. The van der Waals surface area contributed by atoms with E-state index in [9.17, 15) is 0 Å². The van der Waals surface area contributed by atoms with Gasteiger partial charge in [0.05, 0.1) is 11.0 Å². The second-order valence-electron chi connectivity index (χ2n) is 14.4. The third kappa shape index (κ3) is 5.01. The third-order valence-corrected chi connectivity index (χ3v) is 11.1. The molecular formula is C51H30N4O2. The lowest BCUT2D eigenvalue weighted by Gasteiger charge is -2.09. The lowest BCUT2D eigenvalue weighted by molar-refractivity contribution is 0.668. The molecule has 12 aromatic rings. The van der Waals surface area contributed by atoms with Crippen LogP contribution in [0.4, 0.5) is 0 Å². The molecule has 6 heteroatoms. The van der Waals surface area contributed by atoms with Crippen molar-refractivity contribution in [2.24, 2.45) is 0 Å². The number of aromatic nitrogens is 4. The van der Waals surface area contributed by atoms with Gasteiger partial charge in [0.1, 0.15) is 22.3 Å².